The van der Waals surface area contributed by atoms with Gasteiger partial charge in [0.05, 0.1) is 5.56 Å². The summed E-state index contributed by atoms with van der Waals surface area (Å²) in [6.45, 7) is 0. The minimum absolute atomic E-state index is 0.0580. The van der Waals surface area contributed by atoms with Crippen LogP contribution in [-0.4, -0.2) is 9.91 Å². The fourth-order valence-electron chi connectivity index (χ4n) is 1.64. The van der Waals surface area contributed by atoms with Crippen LogP contribution in [0.15, 0.2) is 42.6 Å². The highest BCUT2D eigenvalue weighted by Gasteiger charge is 2.33. The maximum atomic E-state index is 12.8. The number of nitrogens with zero attached hydrogens (tertiary/aromatic N) is 2. The Morgan fingerprint density at radius 2 is 1.79 bits per heavy atom. The lowest BCUT2D eigenvalue weighted by molar-refractivity contribution is -0.389. The lowest BCUT2D eigenvalue weighted by atomic mass is 10.0. The SMILES string of the molecule is O=[N+]([O-])c1ccc(-c2ccccc2C(F)(F)F)cn1. The van der Waals surface area contributed by atoms with E-state index >= 15 is 0 Å². The molecule has 0 unspecified atom stereocenters. The zero-order chi connectivity index (χ0) is 14.0. The van der Waals surface area contributed by atoms with Gasteiger partial charge in [-0.05, 0) is 27.6 Å². The molecule has 0 N–H and O–H groups in total. The summed E-state index contributed by atoms with van der Waals surface area (Å²) >= 11 is 0. The van der Waals surface area contributed by atoms with Crippen LogP contribution in [0.2, 0.25) is 0 Å². The molecule has 0 aliphatic rings. The van der Waals surface area contributed by atoms with E-state index in [9.17, 15) is 23.3 Å². The Hall–Kier alpha value is -2.44. The first kappa shape index (κ1) is 13.0. The topological polar surface area (TPSA) is 56.0 Å². The predicted molar refractivity (Wildman–Crippen MR) is 61.3 cm³/mol. The van der Waals surface area contributed by atoms with Crippen molar-refractivity contribution < 1.29 is 18.1 Å². The van der Waals surface area contributed by atoms with E-state index < -0.39 is 22.5 Å². The van der Waals surface area contributed by atoms with Gasteiger partial charge in [-0.1, -0.05) is 18.2 Å². The molecule has 1 heterocycles. The van der Waals surface area contributed by atoms with Gasteiger partial charge in [0.2, 0.25) is 0 Å². The highest BCUT2D eigenvalue weighted by atomic mass is 19.4. The molecule has 0 radical (unpaired) electrons. The van der Waals surface area contributed by atoms with Crippen molar-refractivity contribution in [3.05, 3.63) is 58.3 Å². The quantitative estimate of drug-likeness (QED) is 0.616. The number of benzene rings is 1. The van der Waals surface area contributed by atoms with Gasteiger partial charge in [-0.15, -0.1) is 0 Å². The first-order chi connectivity index (χ1) is 8.89. The van der Waals surface area contributed by atoms with E-state index in [2.05, 4.69) is 4.98 Å². The second kappa shape index (κ2) is 4.68. The number of nitro groups is 1. The largest absolute Gasteiger partial charge is 0.417 e. The lowest BCUT2D eigenvalue weighted by Gasteiger charge is -2.11. The fraction of sp³-hybridized carbons (Fsp3) is 0.0833. The number of aromatic nitrogens is 1. The molecule has 0 spiro atoms. The average Bonchev–Trinajstić information content (AvgIpc) is 2.38. The second-order valence-electron chi connectivity index (χ2n) is 3.71. The summed E-state index contributed by atoms with van der Waals surface area (Å²) in [5.74, 6) is -0.409. The predicted octanol–water partition coefficient (Wildman–Crippen LogP) is 3.68. The summed E-state index contributed by atoms with van der Waals surface area (Å²) < 4.78 is 38.4. The molecule has 7 heteroatoms. The third kappa shape index (κ3) is 2.70. The van der Waals surface area contributed by atoms with Crippen LogP contribution in [-0.2, 0) is 6.18 Å². The minimum atomic E-state index is -4.49. The van der Waals surface area contributed by atoms with Crippen LogP contribution < -0.4 is 0 Å². The fourth-order valence-corrected chi connectivity index (χ4v) is 1.64. The van der Waals surface area contributed by atoms with Crippen molar-refractivity contribution in [2.75, 3.05) is 0 Å². The van der Waals surface area contributed by atoms with Crippen molar-refractivity contribution in [1.82, 2.24) is 4.98 Å². The molecule has 19 heavy (non-hydrogen) atoms. The van der Waals surface area contributed by atoms with Crippen molar-refractivity contribution in [2.24, 2.45) is 0 Å². The molecule has 98 valence electrons. The number of hydrogen-bond acceptors (Lipinski definition) is 3. The molecule has 1 aromatic carbocycles. The Labute approximate surface area is 105 Å². The van der Waals surface area contributed by atoms with E-state index in [0.717, 1.165) is 18.3 Å². The van der Waals surface area contributed by atoms with Crippen LogP contribution in [0.1, 0.15) is 5.56 Å². The van der Waals surface area contributed by atoms with Crippen molar-refractivity contribution >= 4 is 5.82 Å². The van der Waals surface area contributed by atoms with Gasteiger partial charge in [0.1, 0.15) is 6.20 Å². The number of halogens is 3. The van der Waals surface area contributed by atoms with Gasteiger partial charge in [0.15, 0.2) is 0 Å². The van der Waals surface area contributed by atoms with E-state index in [4.69, 9.17) is 0 Å². The monoisotopic (exact) mass is 268 g/mol. The molecule has 1 aromatic heterocycles. The Bertz CT molecular complexity index is 609. The smallest absolute Gasteiger partial charge is 0.358 e. The van der Waals surface area contributed by atoms with Gasteiger partial charge < -0.3 is 10.1 Å². The average molecular weight is 268 g/mol. The molecular formula is C12H7F3N2O2. The first-order valence-corrected chi connectivity index (χ1v) is 5.16. The summed E-state index contributed by atoms with van der Waals surface area (Å²) in [4.78, 5) is 13.2. The van der Waals surface area contributed by atoms with Crippen LogP contribution in [0, 0.1) is 10.1 Å². The minimum Gasteiger partial charge on any atom is -0.358 e. The second-order valence-corrected chi connectivity index (χ2v) is 3.71. The van der Waals surface area contributed by atoms with Crippen molar-refractivity contribution in [1.29, 1.82) is 0 Å². The lowest BCUT2D eigenvalue weighted by Crippen LogP contribution is -2.07. The number of rotatable bonds is 2. The summed E-state index contributed by atoms with van der Waals surface area (Å²) in [6, 6.07) is 7.32. The molecule has 2 rings (SSSR count). The zero-order valence-electron chi connectivity index (χ0n) is 9.39. The summed E-state index contributed by atoms with van der Waals surface area (Å²) in [5, 5.41) is 10.4. The summed E-state index contributed by atoms with van der Waals surface area (Å²) in [5.41, 5.74) is -0.679. The normalized spacial score (nSPS) is 11.3. The maximum absolute atomic E-state index is 12.8. The Morgan fingerprint density at radius 1 is 1.11 bits per heavy atom. The standard InChI is InChI=1S/C12H7F3N2O2/c13-12(14,15)10-4-2-1-3-9(10)8-5-6-11(16-7-8)17(18)19/h1-7H. The molecule has 0 saturated carbocycles. The number of hydrogen-bond donors (Lipinski definition) is 0. The van der Waals surface area contributed by atoms with Crippen LogP contribution in [0.5, 0.6) is 0 Å². The van der Waals surface area contributed by atoms with Crippen LogP contribution in [0.3, 0.4) is 0 Å². The molecule has 0 bridgehead atoms. The summed E-state index contributed by atoms with van der Waals surface area (Å²) in [7, 11) is 0. The third-order valence-electron chi connectivity index (χ3n) is 2.48. The highest BCUT2D eigenvalue weighted by molar-refractivity contribution is 5.67. The molecule has 0 fully saturated rings. The Kier molecular flexibility index (Phi) is 3.20. The van der Waals surface area contributed by atoms with Gasteiger partial charge in [-0.25, -0.2) is 0 Å². The van der Waals surface area contributed by atoms with Crippen molar-refractivity contribution in [2.45, 2.75) is 6.18 Å². The zero-order valence-corrected chi connectivity index (χ0v) is 9.39. The van der Waals surface area contributed by atoms with E-state index in [1.807, 2.05) is 0 Å². The first-order valence-electron chi connectivity index (χ1n) is 5.16. The van der Waals surface area contributed by atoms with Crippen LogP contribution >= 0.6 is 0 Å². The molecule has 2 aromatic rings. The van der Waals surface area contributed by atoms with Gasteiger partial charge in [0.25, 0.3) is 0 Å². The van der Waals surface area contributed by atoms with Crippen LogP contribution in [0.4, 0.5) is 19.0 Å². The maximum Gasteiger partial charge on any atom is 0.417 e. The molecule has 0 atom stereocenters. The van der Waals surface area contributed by atoms with Crippen molar-refractivity contribution in [3.8, 4) is 11.1 Å². The third-order valence-corrected chi connectivity index (χ3v) is 2.48. The Balaban J connectivity index is 2.50. The van der Waals surface area contributed by atoms with Gasteiger partial charge >= 0.3 is 12.0 Å². The molecule has 0 amide bonds. The number of pyridine rings is 1. The molecule has 0 saturated heterocycles. The van der Waals surface area contributed by atoms with Gasteiger partial charge in [-0.2, -0.15) is 13.2 Å². The van der Waals surface area contributed by atoms with E-state index in [1.54, 1.807) is 0 Å². The van der Waals surface area contributed by atoms with Gasteiger partial charge in [-0.3, -0.25) is 0 Å². The molecule has 4 nitrogen and oxygen atoms in total. The van der Waals surface area contributed by atoms with E-state index in [1.165, 1.54) is 24.3 Å². The van der Waals surface area contributed by atoms with Gasteiger partial charge in [0, 0.05) is 11.6 Å². The molecular weight excluding hydrogens is 261 g/mol. The highest BCUT2D eigenvalue weighted by Crippen LogP contribution is 2.36. The Morgan fingerprint density at radius 3 is 2.32 bits per heavy atom. The molecule has 0 aliphatic carbocycles. The molecule has 0 aliphatic heterocycles. The number of alkyl halides is 3. The van der Waals surface area contributed by atoms with Crippen LogP contribution in [0.25, 0.3) is 11.1 Å². The van der Waals surface area contributed by atoms with E-state index in [-0.39, 0.29) is 11.1 Å². The van der Waals surface area contributed by atoms with Crippen molar-refractivity contribution in [3.63, 3.8) is 0 Å². The van der Waals surface area contributed by atoms with E-state index in [0.29, 0.717) is 0 Å². The summed E-state index contributed by atoms with van der Waals surface area (Å²) in [6.07, 6.45) is -3.43.